The van der Waals surface area contributed by atoms with Crippen LogP contribution in [0.15, 0.2) is 17.0 Å². The second-order valence-electron chi connectivity index (χ2n) is 3.44. The normalized spacial score (nSPS) is 11.3. The zero-order valence-corrected chi connectivity index (χ0v) is 12.3. The molecule has 0 unspecified atom stereocenters. The number of ether oxygens (including phenoxy) is 1. The van der Waals surface area contributed by atoms with Gasteiger partial charge in [0, 0.05) is 5.69 Å². The Morgan fingerprint density at radius 1 is 1.37 bits per heavy atom. The van der Waals surface area contributed by atoms with Gasteiger partial charge in [-0.25, -0.2) is 8.42 Å². The molecule has 0 bridgehead atoms. The van der Waals surface area contributed by atoms with Gasteiger partial charge in [0.25, 0.3) is 0 Å². The lowest BCUT2D eigenvalue weighted by molar-refractivity contribution is -0.141. The second kappa shape index (κ2) is 6.42. The van der Waals surface area contributed by atoms with Gasteiger partial charge in [0.15, 0.2) is 0 Å². The first-order valence-electron chi connectivity index (χ1n) is 5.17. The highest BCUT2D eigenvalue weighted by atomic mass is 35.5. The molecule has 1 rings (SSSR count). The van der Waals surface area contributed by atoms with E-state index in [4.69, 9.17) is 28.9 Å². The zero-order valence-electron chi connectivity index (χ0n) is 9.94. The summed E-state index contributed by atoms with van der Waals surface area (Å²) in [5.74, 6) is -0.700. The number of sulfonamides is 1. The van der Waals surface area contributed by atoms with E-state index in [0.717, 1.165) is 0 Å². The van der Waals surface area contributed by atoms with Crippen molar-refractivity contribution in [2.24, 2.45) is 0 Å². The van der Waals surface area contributed by atoms with Gasteiger partial charge in [-0.1, -0.05) is 23.2 Å². The molecule has 0 saturated carbocycles. The van der Waals surface area contributed by atoms with Crippen molar-refractivity contribution in [3.05, 3.63) is 22.2 Å². The molecule has 9 heteroatoms. The molecule has 0 fully saturated rings. The summed E-state index contributed by atoms with van der Waals surface area (Å²) < 4.78 is 30.6. The molecule has 6 nitrogen and oxygen atoms in total. The molecule has 0 heterocycles. The molecule has 106 valence electrons. The first-order valence-corrected chi connectivity index (χ1v) is 7.41. The summed E-state index contributed by atoms with van der Waals surface area (Å²) in [6.45, 7) is 1.26. The molecular weight excluding hydrogens is 315 g/mol. The van der Waals surface area contributed by atoms with Gasteiger partial charge in [0.05, 0.1) is 16.7 Å². The molecule has 0 atom stereocenters. The molecule has 0 aromatic heterocycles. The van der Waals surface area contributed by atoms with Crippen molar-refractivity contribution in [1.82, 2.24) is 4.72 Å². The van der Waals surface area contributed by atoms with Crippen LogP contribution in [0.1, 0.15) is 6.92 Å². The number of nitrogens with two attached hydrogens (primary N) is 1. The Labute approximate surface area is 120 Å². The van der Waals surface area contributed by atoms with Crippen molar-refractivity contribution in [1.29, 1.82) is 0 Å². The fourth-order valence-electron chi connectivity index (χ4n) is 1.27. The third kappa shape index (κ3) is 4.24. The van der Waals surface area contributed by atoms with Crippen molar-refractivity contribution in [3.8, 4) is 0 Å². The van der Waals surface area contributed by atoms with Crippen LogP contribution in [0.4, 0.5) is 5.69 Å². The van der Waals surface area contributed by atoms with Gasteiger partial charge in [-0.2, -0.15) is 4.72 Å². The van der Waals surface area contributed by atoms with E-state index in [0.29, 0.717) is 0 Å². The van der Waals surface area contributed by atoms with Gasteiger partial charge in [-0.3, -0.25) is 4.79 Å². The Kier molecular flexibility index (Phi) is 5.42. The number of esters is 1. The van der Waals surface area contributed by atoms with Crippen molar-refractivity contribution >= 4 is 44.9 Å². The first kappa shape index (κ1) is 16.0. The largest absolute Gasteiger partial charge is 0.465 e. The second-order valence-corrected chi connectivity index (χ2v) is 5.96. The zero-order chi connectivity index (χ0) is 14.6. The lowest BCUT2D eigenvalue weighted by Crippen LogP contribution is -2.31. The number of halogens is 2. The molecule has 1 aromatic carbocycles. The van der Waals surface area contributed by atoms with E-state index in [1.807, 2.05) is 4.72 Å². The maximum atomic E-state index is 12.0. The third-order valence-electron chi connectivity index (χ3n) is 2.00. The molecule has 0 aliphatic rings. The monoisotopic (exact) mass is 326 g/mol. The van der Waals surface area contributed by atoms with Crippen LogP contribution in [0.25, 0.3) is 0 Å². The van der Waals surface area contributed by atoms with Crippen molar-refractivity contribution < 1.29 is 17.9 Å². The molecular formula is C10H12Cl2N2O4S. The SMILES string of the molecule is CCOC(=O)CNS(=O)(=O)c1c(Cl)cc(N)cc1Cl. The quantitative estimate of drug-likeness (QED) is 0.629. The van der Waals surface area contributed by atoms with E-state index in [2.05, 4.69) is 4.74 Å². The third-order valence-corrected chi connectivity index (χ3v) is 4.32. The average molecular weight is 327 g/mol. The predicted octanol–water partition coefficient (Wildman–Crippen LogP) is 1.42. The van der Waals surface area contributed by atoms with Gasteiger partial charge in [-0.15, -0.1) is 0 Å². The number of carbonyl (C=O) groups excluding carboxylic acids is 1. The first-order chi connectivity index (χ1) is 8.77. The number of rotatable bonds is 5. The number of anilines is 1. The number of hydrogen-bond acceptors (Lipinski definition) is 5. The van der Waals surface area contributed by atoms with E-state index in [9.17, 15) is 13.2 Å². The lowest BCUT2D eigenvalue weighted by Gasteiger charge is -2.10. The Hall–Kier alpha value is -1.02. The van der Waals surface area contributed by atoms with Crippen LogP contribution in [0.3, 0.4) is 0 Å². The van der Waals surface area contributed by atoms with E-state index in [-0.39, 0.29) is 27.2 Å². The van der Waals surface area contributed by atoms with Crippen molar-refractivity contribution in [3.63, 3.8) is 0 Å². The van der Waals surface area contributed by atoms with E-state index >= 15 is 0 Å². The van der Waals surface area contributed by atoms with Gasteiger partial charge in [0.2, 0.25) is 10.0 Å². The summed E-state index contributed by atoms with van der Waals surface area (Å²) in [4.78, 5) is 10.8. The van der Waals surface area contributed by atoms with Crippen LogP contribution in [-0.2, 0) is 19.6 Å². The molecule has 3 N–H and O–H groups in total. The summed E-state index contributed by atoms with van der Waals surface area (Å²) in [5.41, 5.74) is 5.71. The van der Waals surface area contributed by atoms with E-state index in [1.54, 1.807) is 6.92 Å². The van der Waals surface area contributed by atoms with E-state index in [1.165, 1.54) is 12.1 Å². The molecule has 19 heavy (non-hydrogen) atoms. The van der Waals surface area contributed by atoms with Crippen LogP contribution in [-0.4, -0.2) is 27.5 Å². The molecule has 0 spiro atoms. The minimum atomic E-state index is -4.02. The average Bonchev–Trinajstić information content (AvgIpc) is 2.25. The number of hydrogen-bond donors (Lipinski definition) is 2. The van der Waals surface area contributed by atoms with Crippen LogP contribution >= 0.6 is 23.2 Å². The van der Waals surface area contributed by atoms with Gasteiger partial charge in [0.1, 0.15) is 11.4 Å². The molecule has 0 radical (unpaired) electrons. The maximum absolute atomic E-state index is 12.0. The van der Waals surface area contributed by atoms with Gasteiger partial charge < -0.3 is 10.5 Å². The maximum Gasteiger partial charge on any atom is 0.321 e. The standard InChI is InChI=1S/C10H12Cl2N2O4S/c1-2-18-9(15)5-14-19(16,17)10-7(11)3-6(13)4-8(10)12/h3-4,14H,2,5,13H2,1H3. The predicted molar refractivity (Wildman–Crippen MR) is 72.7 cm³/mol. The van der Waals surface area contributed by atoms with Gasteiger partial charge in [-0.05, 0) is 19.1 Å². The Morgan fingerprint density at radius 3 is 2.37 bits per heavy atom. The lowest BCUT2D eigenvalue weighted by atomic mass is 10.3. The Morgan fingerprint density at radius 2 is 1.89 bits per heavy atom. The minimum Gasteiger partial charge on any atom is -0.465 e. The highest BCUT2D eigenvalue weighted by Crippen LogP contribution is 2.31. The summed E-state index contributed by atoms with van der Waals surface area (Å²) in [6, 6.07) is 2.51. The van der Waals surface area contributed by atoms with Crippen LogP contribution in [0, 0.1) is 0 Å². The van der Waals surface area contributed by atoms with Crippen LogP contribution in [0.2, 0.25) is 10.0 Å². The Bertz CT molecular complexity index is 566. The van der Waals surface area contributed by atoms with Crippen molar-refractivity contribution in [2.75, 3.05) is 18.9 Å². The fraction of sp³-hybridized carbons (Fsp3) is 0.300. The topological polar surface area (TPSA) is 98.5 Å². The molecule has 0 aliphatic heterocycles. The summed E-state index contributed by atoms with van der Waals surface area (Å²) in [6.07, 6.45) is 0. The van der Waals surface area contributed by atoms with Crippen molar-refractivity contribution in [2.45, 2.75) is 11.8 Å². The Balaban J connectivity index is 2.98. The minimum absolute atomic E-state index is 0.124. The summed E-state index contributed by atoms with van der Waals surface area (Å²) in [5, 5.41) is -0.247. The molecule has 0 aliphatic carbocycles. The number of nitrogens with one attached hydrogen (secondary N) is 1. The van der Waals surface area contributed by atoms with Gasteiger partial charge >= 0.3 is 5.97 Å². The number of benzene rings is 1. The molecule has 0 saturated heterocycles. The highest BCUT2D eigenvalue weighted by Gasteiger charge is 2.23. The van der Waals surface area contributed by atoms with Crippen LogP contribution < -0.4 is 10.5 Å². The molecule has 1 aromatic rings. The smallest absolute Gasteiger partial charge is 0.321 e. The van der Waals surface area contributed by atoms with Crippen LogP contribution in [0.5, 0.6) is 0 Å². The molecule has 0 amide bonds. The van der Waals surface area contributed by atoms with E-state index < -0.39 is 22.5 Å². The summed E-state index contributed by atoms with van der Waals surface area (Å²) in [7, 11) is -4.02. The number of carbonyl (C=O) groups is 1. The summed E-state index contributed by atoms with van der Waals surface area (Å²) >= 11 is 11.6. The fourth-order valence-corrected chi connectivity index (χ4v) is 3.47. The number of nitrogen functional groups attached to an aromatic ring is 1. The highest BCUT2D eigenvalue weighted by molar-refractivity contribution is 7.89.